The highest BCUT2D eigenvalue weighted by Crippen LogP contribution is 2.39. The van der Waals surface area contributed by atoms with Gasteiger partial charge in [0.25, 0.3) is 5.91 Å². The number of nitrogens with one attached hydrogen (secondary N) is 2. The molecule has 0 fully saturated rings. The molecule has 5 heteroatoms. The lowest BCUT2D eigenvalue weighted by Crippen LogP contribution is -2.34. The fourth-order valence-corrected chi connectivity index (χ4v) is 4.26. The largest absolute Gasteiger partial charge is 0.359 e. The molecule has 14 heavy (non-hydrogen) atoms. The van der Waals surface area contributed by atoms with Crippen LogP contribution in [0.4, 0.5) is 5.00 Å². The fourth-order valence-electron chi connectivity index (χ4n) is 1.89. The van der Waals surface area contributed by atoms with Crippen LogP contribution < -0.4 is 10.6 Å². The van der Waals surface area contributed by atoms with E-state index in [0.29, 0.717) is 6.67 Å². The zero-order chi connectivity index (χ0) is 9.54. The molecule has 2 aliphatic rings. The van der Waals surface area contributed by atoms with Crippen LogP contribution in [0.5, 0.6) is 0 Å². The van der Waals surface area contributed by atoms with Crippen molar-refractivity contribution in [3.05, 3.63) is 16.0 Å². The third-order valence-electron chi connectivity index (χ3n) is 2.55. The third-order valence-corrected chi connectivity index (χ3v) is 4.90. The van der Waals surface area contributed by atoms with E-state index >= 15 is 0 Å². The van der Waals surface area contributed by atoms with Gasteiger partial charge in [-0.25, -0.2) is 0 Å². The van der Waals surface area contributed by atoms with Crippen molar-refractivity contribution in [2.75, 3.05) is 17.7 Å². The second kappa shape index (κ2) is 3.17. The Labute approximate surface area is 90.3 Å². The molecule has 0 bridgehead atoms. The maximum absolute atomic E-state index is 11.7. The molecule has 0 saturated carbocycles. The summed E-state index contributed by atoms with van der Waals surface area (Å²) in [4.78, 5) is 13.1. The summed E-state index contributed by atoms with van der Waals surface area (Å²) < 4.78 is 0. The average molecular weight is 226 g/mol. The molecule has 0 spiro atoms. The van der Waals surface area contributed by atoms with Gasteiger partial charge in [0.1, 0.15) is 5.00 Å². The SMILES string of the molecule is O=C1NCNc2sc3c(c21)CCSC3. The van der Waals surface area contributed by atoms with E-state index in [0.717, 1.165) is 28.5 Å². The van der Waals surface area contributed by atoms with Crippen molar-refractivity contribution in [1.82, 2.24) is 5.32 Å². The lowest BCUT2D eigenvalue weighted by atomic mass is 10.1. The molecule has 3 rings (SSSR count). The number of carbonyl (C=O) groups is 1. The van der Waals surface area contributed by atoms with Crippen LogP contribution in [-0.4, -0.2) is 18.3 Å². The first-order valence-electron chi connectivity index (χ1n) is 4.60. The molecule has 3 heterocycles. The summed E-state index contributed by atoms with van der Waals surface area (Å²) in [5.74, 6) is 2.31. The normalized spacial score (nSPS) is 19.3. The molecular formula is C9H10N2OS2. The highest BCUT2D eigenvalue weighted by Gasteiger charge is 2.27. The number of hydrogen-bond acceptors (Lipinski definition) is 4. The Kier molecular flexibility index (Phi) is 1.95. The number of thiophene rings is 1. The molecule has 0 radical (unpaired) electrons. The minimum Gasteiger partial charge on any atom is -0.359 e. The lowest BCUT2D eigenvalue weighted by Gasteiger charge is -2.16. The Balaban J connectivity index is 2.16. The van der Waals surface area contributed by atoms with Crippen molar-refractivity contribution in [1.29, 1.82) is 0 Å². The topological polar surface area (TPSA) is 41.1 Å². The minimum absolute atomic E-state index is 0.100. The van der Waals surface area contributed by atoms with Crippen LogP contribution in [0.25, 0.3) is 0 Å². The van der Waals surface area contributed by atoms with E-state index in [-0.39, 0.29) is 5.91 Å². The predicted octanol–water partition coefficient (Wildman–Crippen LogP) is 1.65. The van der Waals surface area contributed by atoms with E-state index in [4.69, 9.17) is 0 Å². The van der Waals surface area contributed by atoms with E-state index < -0.39 is 0 Å². The zero-order valence-corrected chi connectivity index (χ0v) is 9.19. The molecular weight excluding hydrogens is 216 g/mol. The Morgan fingerprint density at radius 2 is 2.21 bits per heavy atom. The molecule has 0 atom stereocenters. The molecule has 0 unspecified atom stereocenters. The fraction of sp³-hybridized carbons (Fsp3) is 0.444. The number of carbonyl (C=O) groups excluding carboxylic acids is 1. The van der Waals surface area contributed by atoms with E-state index in [1.54, 1.807) is 11.3 Å². The molecule has 0 saturated heterocycles. The van der Waals surface area contributed by atoms with E-state index in [1.807, 2.05) is 11.8 Å². The van der Waals surface area contributed by atoms with Crippen LogP contribution in [-0.2, 0) is 12.2 Å². The van der Waals surface area contributed by atoms with Gasteiger partial charge in [0, 0.05) is 10.6 Å². The van der Waals surface area contributed by atoms with Gasteiger partial charge in [0.15, 0.2) is 0 Å². The number of rotatable bonds is 0. The second-order valence-corrected chi connectivity index (χ2v) is 5.58. The molecule has 1 aromatic heterocycles. The number of anilines is 1. The Hall–Kier alpha value is -0.680. The van der Waals surface area contributed by atoms with Crippen LogP contribution in [0.3, 0.4) is 0 Å². The van der Waals surface area contributed by atoms with Crippen molar-refractivity contribution in [2.24, 2.45) is 0 Å². The Bertz CT molecular complexity index is 400. The Morgan fingerprint density at radius 3 is 3.14 bits per heavy atom. The van der Waals surface area contributed by atoms with Gasteiger partial charge in [-0.05, 0) is 17.7 Å². The van der Waals surface area contributed by atoms with Crippen LogP contribution >= 0.6 is 23.1 Å². The van der Waals surface area contributed by atoms with Crippen molar-refractivity contribution < 1.29 is 4.79 Å². The summed E-state index contributed by atoms with van der Waals surface area (Å²) in [7, 11) is 0. The molecule has 2 N–H and O–H groups in total. The molecule has 0 aliphatic carbocycles. The molecule has 1 aromatic rings. The molecule has 2 aliphatic heterocycles. The van der Waals surface area contributed by atoms with Crippen LogP contribution in [0, 0.1) is 0 Å². The van der Waals surface area contributed by atoms with Gasteiger partial charge in [0.05, 0.1) is 12.2 Å². The second-order valence-electron chi connectivity index (χ2n) is 3.37. The van der Waals surface area contributed by atoms with Crippen molar-refractivity contribution >= 4 is 34.0 Å². The molecule has 0 aromatic carbocycles. The summed E-state index contributed by atoms with van der Waals surface area (Å²) in [5.41, 5.74) is 2.20. The Morgan fingerprint density at radius 1 is 1.29 bits per heavy atom. The summed E-state index contributed by atoms with van der Waals surface area (Å²) in [6.07, 6.45) is 1.04. The standard InChI is InChI=1S/C9H10N2OS2/c12-8-7-5-1-2-13-3-6(5)14-9(7)11-4-10-8/h11H,1-4H2,(H,10,12). The highest BCUT2D eigenvalue weighted by atomic mass is 32.2. The highest BCUT2D eigenvalue weighted by molar-refractivity contribution is 7.98. The number of thioether (sulfide) groups is 1. The van der Waals surface area contributed by atoms with Crippen molar-refractivity contribution in [3.63, 3.8) is 0 Å². The van der Waals surface area contributed by atoms with E-state index in [1.165, 1.54) is 10.4 Å². The zero-order valence-electron chi connectivity index (χ0n) is 7.55. The molecule has 74 valence electrons. The molecule has 1 amide bonds. The minimum atomic E-state index is 0.100. The monoisotopic (exact) mass is 226 g/mol. The van der Waals surface area contributed by atoms with E-state index in [9.17, 15) is 4.79 Å². The summed E-state index contributed by atoms with van der Waals surface area (Å²) in [5, 5.41) is 7.12. The van der Waals surface area contributed by atoms with Crippen LogP contribution in [0.2, 0.25) is 0 Å². The van der Waals surface area contributed by atoms with Crippen molar-refractivity contribution in [2.45, 2.75) is 12.2 Å². The quantitative estimate of drug-likeness (QED) is 0.707. The van der Waals surface area contributed by atoms with Gasteiger partial charge in [-0.3, -0.25) is 4.79 Å². The first-order valence-corrected chi connectivity index (χ1v) is 6.58. The summed E-state index contributed by atoms with van der Waals surface area (Å²) >= 11 is 3.70. The predicted molar refractivity (Wildman–Crippen MR) is 60.1 cm³/mol. The van der Waals surface area contributed by atoms with Gasteiger partial charge in [-0.2, -0.15) is 11.8 Å². The summed E-state index contributed by atoms with van der Waals surface area (Å²) in [6.45, 7) is 0.568. The van der Waals surface area contributed by atoms with Gasteiger partial charge >= 0.3 is 0 Å². The smallest absolute Gasteiger partial charge is 0.255 e. The van der Waals surface area contributed by atoms with Gasteiger partial charge in [-0.15, -0.1) is 11.3 Å². The first-order chi connectivity index (χ1) is 6.86. The maximum atomic E-state index is 11.7. The first kappa shape index (κ1) is 8.61. The summed E-state index contributed by atoms with van der Waals surface area (Å²) in [6, 6.07) is 0. The number of amides is 1. The number of hydrogen-bond donors (Lipinski definition) is 2. The van der Waals surface area contributed by atoms with Gasteiger partial charge in [0.2, 0.25) is 0 Å². The third kappa shape index (κ3) is 1.15. The van der Waals surface area contributed by atoms with Crippen LogP contribution in [0.1, 0.15) is 20.8 Å². The molecule has 3 nitrogen and oxygen atoms in total. The van der Waals surface area contributed by atoms with E-state index in [2.05, 4.69) is 10.6 Å². The number of fused-ring (bicyclic) bond motifs is 3. The lowest BCUT2D eigenvalue weighted by molar-refractivity contribution is 0.0952. The van der Waals surface area contributed by atoms with Crippen LogP contribution in [0.15, 0.2) is 0 Å². The van der Waals surface area contributed by atoms with Crippen molar-refractivity contribution in [3.8, 4) is 0 Å². The van der Waals surface area contributed by atoms with Gasteiger partial charge < -0.3 is 10.6 Å². The average Bonchev–Trinajstić information content (AvgIpc) is 2.57. The maximum Gasteiger partial charge on any atom is 0.255 e. The van der Waals surface area contributed by atoms with Gasteiger partial charge in [-0.1, -0.05) is 0 Å².